The van der Waals surface area contributed by atoms with Crippen molar-refractivity contribution in [3.8, 4) is 5.88 Å². The van der Waals surface area contributed by atoms with Gasteiger partial charge in [0.2, 0.25) is 5.88 Å². The van der Waals surface area contributed by atoms with Crippen molar-refractivity contribution in [3.63, 3.8) is 0 Å². The number of carbonyl (C=O) groups excluding carboxylic acids is 1. The number of fused-ring (bicyclic) bond motifs is 1. The Hall–Kier alpha value is -2.44. The monoisotopic (exact) mass is 332 g/mol. The summed E-state index contributed by atoms with van der Waals surface area (Å²) in [5.41, 5.74) is 1.15. The molecule has 0 bridgehead atoms. The molecule has 0 spiro atoms. The molecule has 0 fully saturated rings. The maximum Gasteiger partial charge on any atom is 0.320 e. The molecule has 1 unspecified atom stereocenters. The number of aromatic nitrogens is 2. The third-order valence-electron chi connectivity index (χ3n) is 4.35. The number of methoxy groups -OCH3 is 1. The van der Waals surface area contributed by atoms with E-state index < -0.39 is 0 Å². The molecule has 1 aliphatic rings. The standard InChI is InChI=1S/C17H24N4O3/c1-10-6-11-12(8-17(2,3)9-13(11)24-10)18-16(22)19-14-7-15(23-5)20-21(14)4/h6-7,12H,8-9H2,1-5H3,(H2,18,19,22). The zero-order valence-electron chi connectivity index (χ0n) is 14.8. The topological polar surface area (TPSA) is 81.3 Å². The Morgan fingerprint density at radius 2 is 2.21 bits per heavy atom. The highest BCUT2D eigenvalue weighted by Gasteiger charge is 2.35. The fourth-order valence-corrected chi connectivity index (χ4v) is 3.28. The summed E-state index contributed by atoms with van der Waals surface area (Å²) < 4.78 is 12.4. The van der Waals surface area contributed by atoms with Crippen LogP contribution in [0.2, 0.25) is 0 Å². The largest absolute Gasteiger partial charge is 0.480 e. The number of hydrogen-bond acceptors (Lipinski definition) is 4. The average Bonchev–Trinajstić information content (AvgIpc) is 3.00. The molecule has 2 N–H and O–H groups in total. The lowest BCUT2D eigenvalue weighted by Gasteiger charge is -2.34. The van der Waals surface area contributed by atoms with Crippen molar-refractivity contribution in [3.05, 3.63) is 29.2 Å². The summed E-state index contributed by atoms with van der Waals surface area (Å²) in [6.07, 6.45) is 1.75. The van der Waals surface area contributed by atoms with Gasteiger partial charge >= 0.3 is 6.03 Å². The van der Waals surface area contributed by atoms with Crippen LogP contribution in [-0.2, 0) is 13.5 Å². The summed E-state index contributed by atoms with van der Waals surface area (Å²) in [6, 6.07) is 3.35. The van der Waals surface area contributed by atoms with Crippen LogP contribution in [-0.4, -0.2) is 22.9 Å². The van der Waals surface area contributed by atoms with Gasteiger partial charge in [0.25, 0.3) is 0 Å². The number of urea groups is 1. The zero-order valence-corrected chi connectivity index (χ0v) is 14.8. The molecule has 1 aliphatic carbocycles. The molecule has 0 aromatic carbocycles. The number of furan rings is 1. The highest BCUT2D eigenvalue weighted by Crippen LogP contribution is 2.42. The van der Waals surface area contributed by atoms with Gasteiger partial charge in [0.05, 0.1) is 13.2 Å². The third-order valence-corrected chi connectivity index (χ3v) is 4.35. The van der Waals surface area contributed by atoms with Crippen molar-refractivity contribution in [2.24, 2.45) is 12.5 Å². The predicted octanol–water partition coefficient (Wildman–Crippen LogP) is 3.17. The smallest absolute Gasteiger partial charge is 0.320 e. The Morgan fingerprint density at radius 1 is 1.46 bits per heavy atom. The molecule has 2 aromatic rings. The van der Waals surface area contributed by atoms with Gasteiger partial charge in [0.15, 0.2) is 0 Å². The Kier molecular flexibility index (Phi) is 4.03. The molecular formula is C17H24N4O3. The molecule has 0 saturated heterocycles. The molecule has 2 aromatic heterocycles. The quantitative estimate of drug-likeness (QED) is 0.904. The van der Waals surface area contributed by atoms with E-state index in [0.717, 1.165) is 29.9 Å². The van der Waals surface area contributed by atoms with Gasteiger partial charge in [-0.05, 0) is 24.8 Å². The minimum atomic E-state index is -0.270. The summed E-state index contributed by atoms with van der Waals surface area (Å²) in [4.78, 5) is 12.4. The molecular weight excluding hydrogens is 308 g/mol. The van der Waals surface area contributed by atoms with E-state index in [9.17, 15) is 4.79 Å². The normalized spacial score (nSPS) is 18.8. The molecule has 3 rings (SSSR count). The van der Waals surface area contributed by atoms with Crippen molar-refractivity contribution in [1.29, 1.82) is 0 Å². The van der Waals surface area contributed by atoms with Crippen molar-refractivity contribution in [1.82, 2.24) is 15.1 Å². The minimum absolute atomic E-state index is 0.0728. The van der Waals surface area contributed by atoms with Crippen LogP contribution in [0.3, 0.4) is 0 Å². The highest BCUT2D eigenvalue weighted by molar-refractivity contribution is 5.88. The molecule has 1 atom stereocenters. The van der Waals surface area contributed by atoms with Gasteiger partial charge in [-0.1, -0.05) is 13.8 Å². The van der Waals surface area contributed by atoms with Gasteiger partial charge in [0.1, 0.15) is 17.3 Å². The summed E-state index contributed by atoms with van der Waals surface area (Å²) in [6.45, 7) is 6.31. The van der Waals surface area contributed by atoms with Crippen LogP contribution in [0.4, 0.5) is 10.6 Å². The summed E-state index contributed by atoms with van der Waals surface area (Å²) in [5, 5.41) is 10.0. The number of aryl methyl sites for hydroxylation is 2. The second-order valence-electron chi connectivity index (χ2n) is 7.13. The Morgan fingerprint density at radius 3 is 2.88 bits per heavy atom. The van der Waals surface area contributed by atoms with Gasteiger partial charge in [-0.3, -0.25) is 5.32 Å². The summed E-state index contributed by atoms with van der Waals surface area (Å²) >= 11 is 0. The Balaban J connectivity index is 1.75. The number of carbonyl (C=O) groups is 1. The van der Waals surface area contributed by atoms with Crippen LogP contribution >= 0.6 is 0 Å². The predicted molar refractivity (Wildman–Crippen MR) is 90.2 cm³/mol. The number of ether oxygens (including phenoxy) is 1. The SMILES string of the molecule is COc1cc(NC(=O)NC2CC(C)(C)Cc3oc(C)cc32)n(C)n1. The zero-order chi connectivity index (χ0) is 17.5. The number of anilines is 1. The van der Waals surface area contributed by atoms with Gasteiger partial charge in [0, 0.05) is 25.1 Å². The van der Waals surface area contributed by atoms with E-state index in [1.165, 1.54) is 0 Å². The first-order chi connectivity index (χ1) is 11.3. The van der Waals surface area contributed by atoms with Crippen molar-refractivity contribution in [2.75, 3.05) is 12.4 Å². The van der Waals surface area contributed by atoms with Crippen LogP contribution in [0.25, 0.3) is 0 Å². The number of amides is 2. The molecule has 0 saturated carbocycles. The average molecular weight is 332 g/mol. The maximum absolute atomic E-state index is 12.4. The summed E-state index contributed by atoms with van der Waals surface area (Å²) in [7, 11) is 3.29. The van der Waals surface area contributed by atoms with Crippen molar-refractivity contribution in [2.45, 2.75) is 39.7 Å². The van der Waals surface area contributed by atoms with Gasteiger partial charge < -0.3 is 14.5 Å². The van der Waals surface area contributed by atoms with Gasteiger partial charge in [-0.2, -0.15) is 0 Å². The van der Waals surface area contributed by atoms with Gasteiger partial charge in [-0.15, -0.1) is 5.10 Å². The molecule has 2 heterocycles. The molecule has 7 heteroatoms. The molecule has 130 valence electrons. The highest BCUT2D eigenvalue weighted by atomic mass is 16.5. The van der Waals surface area contributed by atoms with E-state index in [-0.39, 0.29) is 17.5 Å². The van der Waals surface area contributed by atoms with Crippen LogP contribution in [0.15, 0.2) is 16.5 Å². The fraction of sp³-hybridized carbons (Fsp3) is 0.529. The molecule has 0 aliphatic heterocycles. The molecule has 24 heavy (non-hydrogen) atoms. The first-order valence-electron chi connectivity index (χ1n) is 8.02. The van der Waals surface area contributed by atoms with E-state index >= 15 is 0 Å². The van der Waals surface area contributed by atoms with Crippen molar-refractivity contribution >= 4 is 11.8 Å². The number of hydrogen-bond donors (Lipinski definition) is 2. The van der Waals surface area contributed by atoms with Crippen LogP contribution in [0.5, 0.6) is 5.88 Å². The lowest BCUT2D eigenvalue weighted by molar-refractivity contribution is 0.222. The van der Waals surface area contributed by atoms with Crippen LogP contribution in [0, 0.1) is 12.3 Å². The van der Waals surface area contributed by atoms with E-state index in [0.29, 0.717) is 11.7 Å². The van der Waals surface area contributed by atoms with E-state index in [2.05, 4.69) is 29.6 Å². The molecule has 2 amide bonds. The Labute approximate surface area is 141 Å². The second-order valence-corrected chi connectivity index (χ2v) is 7.13. The number of rotatable bonds is 3. The van der Waals surface area contributed by atoms with E-state index in [4.69, 9.17) is 9.15 Å². The van der Waals surface area contributed by atoms with E-state index in [1.807, 2.05) is 13.0 Å². The van der Waals surface area contributed by atoms with Crippen LogP contribution in [0.1, 0.15) is 43.4 Å². The lowest BCUT2D eigenvalue weighted by Crippen LogP contribution is -2.38. The molecule has 7 nitrogen and oxygen atoms in total. The second kappa shape index (κ2) is 5.89. The minimum Gasteiger partial charge on any atom is -0.480 e. The first kappa shape index (κ1) is 16.4. The number of nitrogens with one attached hydrogen (secondary N) is 2. The van der Waals surface area contributed by atoms with E-state index in [1.54, 1.807) is 24.9 Å². The maximum atomic E-state index is 12.4. The third kappa shape index (κ3) is 3.25. The van der Waals surface area contributed by atoms with Crippen LogP contribution < -0.4 is 15.4 Å². The first-order valence-corrected chi connectivity index (χ1v) is 8.02. The number of nitrogens with zero attached hydrogens (tertiary/aromatic N) is 2. The molecule has 0 radical (unpaired) electrons. The van der Waals surface area contributed by atoms with Crippen molar-refractivity contribution < 1.29 is 13.9 Å². The lowest BCUT2D eigenvalue weighted by atomic mass is 9.75. The fourth-order valence-electron chi connectivity index (χ4n) is 3.28. The Bertz CT molecular complexity index is 760. The summed E-state index contributed by atoms with van der Waals surface area (Å²) in [5.74, 6) is 2.87. The van der Waals surface area contributed by atoms with Gasteiger partial charge in [-0.25, -0.2) is 9.48 Å².